The Bertz CT molecular complexity index is 393. The van der Waals surface area contributed by atoms with Gasteiger partial charge in [0.05, 0.1) is 6.10 Å². The summed E-state index contributed by atoms with van der Waals surface area (Å²) in [6.07, 6.45) is 1.84. The van der Waals surface area contributed by atoms with Crippen molar-refractivity contribution in [3.05, 3.63) is 34.3 Å². The topological polar surface area (TPSA) is 32.7 Å². The number of hydrogen-bond acceptors (Lipinski definition) is 3. The maximum Gasteiger partial charge on any atom is 0.0917 e. The van der Waals surface area contributed by atoms with Gasteiger partial charge in [0.25, 0.3) is 0 Å². The molecule has 1 aromatic rings. The molecule has 1 atom stereocenters. The molecular weight excluding hydrogens is 306 g/mol. The lowest BCUT2D eigenvalue weighted by molar-refractivity contribution is 0.0478. The van der Waals surface area contributed by atoms with E-state index in [1.54, 1.807) is 0 Å². The summed E-state index contributed by atoms with van der Waals surface area (Å²) >= 11 is 3.44. The van der Waals surface area contributed by atoms with Crippen LogP contribution in [0.4, 0.5) is 0 Å². The summed E-state index contributed by atoms with van der Waals surface area (Å²) in [4.78, 5) is 2.22. The van der Waals surface area contributed by atoms with Crippen LogP contribution in [0.5, 0.6) is 0 Å². The molecule has 0 aliphatic carbocycles. The van der Waals surface area contributed by atoms with Crippen molar-refractivity contribution in [2.75, 3.05) is 33.4 Å². The summed E-state index contributed by atoms with van der Waals surface area (Å²) in [5.74, 6) is 0.702. The first kappa shape index (κ1) is 15.0. The van der Waals surface area contributed by atoms with Crippen molar-refractivity contribution in [3.8, 4) is 0 Å². The molecule has 1 aliphatic heterocycles. The van der Waals surface area contributed by atoms with Gasteiger partial charge in [-0.2, -0.15) is 0 Å². The minimum absolute atomic E-state index is 0.428. The maximum atomic E-state index is 10.3. The first-order valence-corrected chi connectivity index (χ1v) is 7.64. The molecule has 4 heteroatoms. The van der Waals surface area contributed by atoms with Crippen LogP contribution >= 0.6 is 15.9 Å². The second-order valence-electron chi connectivity index (χ2n) is 5.35. The lowest BCUT2D eigenvalue weighted by Crippen LogP contribution is -2.32. The van der Waals surface area contributed by atoms with E-state index in [1.165, 1.54) is 0 Å². The van der Waals surface area contributed by atoms with Gasteiger partial charge in [-0.25, -0.2) is 0 Å². The van der Waals surface area contributed by atoms with Crippen molar-refractivity contribution in [3.63, 3.8) is 0 Å². The fourth-order valence-electron chi connectivity index (χ4n) is 2.56. The van der Waals surface area contributed by atoms with Gasteiger partial charge in [-0.05, 0) is 43.5 Å². The average Bonchev–Trinajstić information content (AvgIpc) is 2.39. The van der Waals surface area contributed by atoms with Crippen LogP contribution in [0.2, 0.25) is 0 Å². The predicted octanol–water partition coefficient (Wildman–Crippen LogP) is 2.84. The number of aliphatic hydroxyl groups excluding tert-OH is 1. The molecule has 1 aliphatic rings. The monoisotopic (exact) mass is 327 g/mol. The molecule has 0 bridgehead atoms. The van der Waals surface area contributed by atoms with Gasteiger partial charge in [0.2, 0.25) is 0 Å². The Balaban J connectivity index is 1.82. The van der Waals surface area contributed by atoms with Crippen LogP contribution in [0.1, 0.15) is 24.5 Å². The molecule has 2 rings (SSSR count). The molecule has 0 aromatic heterocycles. The Labute approximate surface area is 123 Å². The van der Waals surface area contributed by atoms with E-state index in [0.29, 0.717) is 12.5 Å². The molecule has 106 valence electrons. The van der Waals surface area contributed by atoms with E-state index >= 15 is 0 Å². The van der Waals surface area contributed by atoms with Crippen LogP contribution in [-0.4, -0.2) is 43.4 Å². The van der Waals surface area contributed by atoms with E-state index < -0.39 is 6.10 Å². The van der Waals surface area contributed by atoms with E-state index in [2.05, 4.69) is 27.9 Å². The van der Waals surface area contributed by atoms with Gasteiger partial charge < -0.3 is 14.7 Å². The van der Waals surface area contributed by atoms with Gasteiger partial charge in [0.15, 0.2) is 0 Å². The van der Waals surface area contributed by atoms with Crippen LogP contribution in [-0.2, 0) is 4.74 Å². The minimum atomic E-state index is -0.428. The third kappa shape index (κ3) is 4.88. The lowest BCUT2D eigenvalue weighted by Gasteiger charge is -2.28. The number of nitrogens with zero attached hydrogens (tertiary/aromatic N) is 1. The highest BCUT2D eigenvalue weighted by Crippen LogP contribution is 2.20. The van der Waals surface area contributed by atoms with Crippen molar-refractivity contribution < 1.29 is 9.84 Å². The minimum Gasteiger partial charge on any atom is -0.387 e. The van der Waals surface area contributed by atoms with Gasteiger partial charge in [-0.1, -0.05) is 28.1 Å². The molecule has 1 heterocycles. The molecule has 0 amide bonds. The molecule has 19 heavy (non-hydrogen) atoms. The zero-order valence-electron chi connectivity index (χ0n) is 11.4. The van der Waals surface area contributed by atoms with Crippen LogP contribution in [0.3, 0.4) is 0 Å². The molecule has 1 fully saturated rings. The third-order valence-electron chi connectivity index (χ3n) is 3.63. The van der Waals surface area contributed by atoms with Crippen molar-refractivity contribution in [2.24, 2.45) is 5.92 Å². The Morgan fingerprint density at radius 3 is 2.84 bits per heavy atom. The second-order valence-corrected chi connectivity index (χ2v) is 6.26. The van der Waals surface area contributed by atoms with Gasteiger partial charge in [0.1, 0.15) is 0 Å². The fraction of sp³-hybridized carbons (Fsp3) is 0.600. The first-order valence-electron chi connectivity index (χ1n) is 6.85. The summed E-state index contributed by atoms with van der Waals surface area (Å²) in [6, 6.07) is 7.88. The van der Waals surface area contributed by atoms with Crippen LogP contribution < -0.4 is 0 Å². The number of ether oxygens (including phenoxy) is 1. The van der Waals surface area contributed by atoms with Crippen molar-refractivity contribution in [2.45, 2.75) is 18.9 Å². The van der Waals surface area contributed by atoms with E-state index in [4.69, 9.17) is 4.74 Å². The SMILES string of the molecule is CN(CC1CCOCC1)CC(O)c1cccc(Br)c1. The molecule has 1 N–H and O–H groups in total. The standard InChI is InChI=1S/C15H22BrNO2/c1-17(10-12-5-7-19-8-6-12)11-15(18)13-3-2-4-14(16)9-13/h2-4,9,12,15,18H,5-8,10-11H2,1H3. The average molecular weight is 328 g/mol. The van der Waals surface area contributed by atoms with E-state index in [1.807, 2.05) is 24.3 Å². The molecule has 0 spiro atoms. The summed E-state index contributed by atoms with van der Waals surface area (Å²) in [7, 11) is 2.08. The highest BCUT2D eigenvalue weighted by molar-refractivity contribution is 9.10. The Morgan fingerprint density at radius 2 is 2.16 bits per heavy atom. The smallest absolute Gasteiger partial charge is 0.0917 e. The summed E-state index contributed by atoms with van der Waals surface area (Å²) < 4.78 is 6.38. The van der Waals surface area contributed by atoms with Gasteiger partial charge >= 0.3 is 0 Å². The highest BCUT2D eigenvalue weighted by Gasteiger charge is 2.18. The maximum absolute atomic E-state index is 10.3. The normalized spacial score (nSPS) is 18.7. The molecule has 0 saturated carbocycles. The number of likely N-dealkylation sites (N-methyl/N-ethyl adjacent to an activating group) is 1. The highest BCUT2D eigenvalue weighted by atomic mass is 79.9. The summed E-state index contributed by atoms with van der Waals surface area (Å²) in [5, 5.41) is 10.3. The predicted molar refractivity (Wildman–Crippen MR) is 80.1 cm³/mol. The Hall–Kier alpha value is -0.420. The van der Waals surface area contributed by atoms with Gasteiger partial charge in [-0.3, -0.25) is 0 Å². The number of rotatable bonds is 5. The number of hydrogen-bond donors (Lipinski definition) is 1. The third-order valence-corrected chi connectivity index (χ3v) is 4.12. The zero-order chi connectivity index (χ0) is 13.7. The number of halogens is 1. The Morgan fingerprint density at radius 1 is 1.42 bits per heavy atom. The Kier molecular flexibility index (Phi) is 5.82. The van der Waals surface area contributed by atoms with Crippen LogP contribution in [0.15, 0.2) is 28.7 Å². The molecule has 1 aromatic carbocycles. The zero-order valence-corrected chi connectivity index (χ0v) is 13.0. The molecule has 1 unspecified atom stereocenters. The van der Waals surface area contributed by atoms with Gasteiger partial charge in [0, 0.05) is 30.8 Å². The molecular formula is C15H22BrNO2. The summed E-state index contributed by atoms with van der Waals surface area (Å²) in [6.45, 7) is 3.47. The van der Waals surface area contributed by atoms with Crippen LogP contribution in [0.25, 0.3) is 0 Å². The van der Waals surface area contributed by atoms with Crippen molar-refractivity contribution >= 4 is 15.9 Å². The fourth-order valence-corrected chi connectivity index (χ4v) is 2.98. The van der Waals surface area contributed by atoms with Gasteiger partial charge in [-0.15, -0.1) is 0 Å². The molecule has 3 nitrogen and oxygen atoms in total. The van der Waals surface area contributed by atoms with E-state index in [9.17, 15) is 5.11 Å². The largest absolute Gasteiger partial charge is 0.387 e. The van der Waals surface area contributed by atoms with E-state index in [0.717, 1.165) is 42.6 Å². The second kappa shape index (κ2) is 7.39. The van der Waals surface area contributed by atoms with Crippen molar-refractivity contribution in [1.29, 1.82) is 0 Å². The van der Waals surface area contributed by atoms with E-state index in [-0.39, 0.29) is 0 Å². The summed E-state index contributed by atoms with van der Waals surface area (Å²) in [5.41, 5.74) is 0.966. The number of aliphatic hydroxyl groups is 1. The molecule has 1 saturated heterocycles. The number of benzene rings is 1. The quantitative estimate of drug-likeness (QED) is 0.902. The van der Waals surface area contributed by atoms with Crippen molar-refractivity contribution in [1.82, 2.24) is 4.90 Å². The lowest BCUT2D eigenvalue weighted by atomic mass is 9.99. The molecule has 0 radical (unpaired) electrons. The first-order chi connectivity index (χ1) is 9.15. The van der Waals surface area contributed by atoms with Crippen LogP contribution in [0, 0.1) is 5.92 Å².